The minimum Gasteiger partial charge on any atom is -0.411 e. The smallest absolute Gasteiger partial charge is 0.217 e. The van der Waals surface area contributed by atoms with Crippen LogP contribution in [0.25, 0.3) is 0 Å². The molecule has 2 N–H and O–H groups in total. The Morgan fingerprint density at radius 1 is 1.38 bits per heavy atom. The molecule has 0 fully saturated rings. The molecule has 4 nitrogen and oxygen atoms in total. The third kappa shape index (κ3) is 3.73. The Morgan fingerprint density at radius 2 is 2.00 bits per heavy atom. The maximum Gasteiger partial charge on any atom is 0.217 e. The predicted octanol–water partition coefficient (Wildman–Crippen LogP) is 1.58. The topological polar surface area (TPSA) is 61.7 Å². The van der Waals surface area contributed by atoms with Crippen molar-refractivity contribution < 1.29 is 10.0 Å². The number of hydrogen-bond acceptors (Lipinski definition) is 3. The largest absolute Gasteiger partial charge is 0.411 e. The van der Waals surface area contributed by atoms with E-state index in [4.69, 9.17) is 5.21 Å². The summed E-state index contributed by atoms with van der Waals surface area (Å²) in [5.41, 5.74) is 1.59. The molecule has 1 aromatic carbocycles. The molecule has 1 atom stereocenters. The summed E-state index contributed by atoms with van der Waals surface area (Å²) in [4.78, 5) is 11.0. The number of nitrogens with one attached hydrogen (secondary N) is 1. The lowest BCUT2D eigenvalue weighted by Crippen LogP contribution is -2.40. The van der Waals surface area contributed by atoms with Gasteiger partial charge in [0.2, 0.25) is 5.91 Å². The SMILES string of the molecule is CC(=O)N[C@H](Cc1ccccc1)/C(C)=N\O. The minimum atomic E-state index is -0.259. The Hall–Kier alpha value is -1.84. The van der Waals surface area contributed by atoms with Crippen LogP contribution in [0, 0.1) is 0 Å². The van der Waals surface area contributed by atoms with Crippen molar-refractivity contribution >= 4 is 11.6 Å². The molecule has 0 unspecified atom stereocenters. The second-order valence-electron chi connectivity index (χ2n) is 3.68. The molecule has 0 heterocycles. The predicted molar refractivity (Wildman–Crippen MR) is 62.6 cm³/mol. The first-order chi connectivity index (χ1) is 7.63. The van der Waals surface area contributed by atoms with Crippen LogP contribution in [0.4, 0.5) is 0 Å². The highest BCUT2D eigenvalue weighted by molar-refractivity contribution is 5.90. The maximum absolute atomic E-state index is 11.0. The van der Waals surface area contributed by atoms with Gasteiger partial charge in [0.15, 0.2) is 0 Å². The van der Waals surface area contributed by atoms with E-state index in [1.807, 2.05) is 30.3 Å². The molecule has 0 saturated heterocycles. The third-order valence-electron chi connectivity index (χ3n) is 2.32. The molecule has 1 amide bonds. The summed E-state index contributed by atoms with van der Waals surface area (Å²) in [6.45, 7) is 3.13. The summed E-state index contributed by atoms with van der Waals surface area (Å²) in [6.07, 6.45) is 0.621. The van der Waals surface area contributed by atoms with Gasteiger partial charge < -0.3 is 10.5 Å². The van der Waals surface area contributed by atoms with Gasteiger partial charge in [-0.3, -0.25) is 4.79 Å². The first kappa shape index (κ1) is 12.2. The van der Waals surface area contributed by atoms with Crippen LogP contribution >= 0.6 is 0 Å². The van der Waals surface area contributed by atoms with Gasteiger partial charge in [0.05, 0.1) is 11.8 Å². The number of rotatable bonds is 4. The van der Waals surface area contributed by atoms with E-state index >= 15 is 0 Å². The molecule has 4 heteroatoms. The van der Waals surface area contributed by atoms with Gasteiger partial charge in [-0.2, -0.15) is 0 Å². The summed E-state index contributed by atoms with van der Waals surface area (Å²) in [7, 11) is 0. The van der Waals surface area contributed by atoms with Crippen molar-refractivity contribution in [2.75, 3.05) is 0 Å². The molecule has 0 radical (unpaired) electrons. The fourth-order valence-corrected chi connectivity index (χ4v) is 1.47. The number of carbonyl (C=O) groups is 1. The van der Waals surface area contributed by atoms with Gasteiger partial charge in [-0.05, 0) is 18.9 Å². The van der Waals surface area contributed by atoms with Crippen molar-refractivity contribution in [1.82, 2.24) is 5.32 Å². The van der Waals surface area contributed by atoms with Crippen molar-refractivity contribution in [3.63, 3.8) is 0 Å². The van der Waals surface area contributed by atoms with E-state index in [0.29, 0.717) is 12.1 Å². The molecule has 0 bridgehead atoms. The quantitative estimate of drug-likeness (QED) is 0.460. The minimum absolute atomic E-state index is 0.135. The van der Waals surface area contributed by atoms with E-state index in [1.54, 1.807) is 6.92 Å². The summed E-state index contributed by atoms with van der Waals surface area (Å²) in [5.74, 6) is -0.135. The van der Waals surface area contributed by atoms with Gasteiger partial charge in [-0.1, -0.05) is 35.5 Å². The van der Waals surface area contributed by atoms with Crippen LogP contribution in [0.2, 0.25) is 0 Å². The zero-order valence-electron chi connectivity index (χ0n) is 9.47. The van der Waals surface area contributed by atoms with Crippen LogP contribution in [-0.4, -0.2) is 22.9 Å². The number of hydrogen-bond donors (Lipinski definition) is 2. The van der Waals surface area contributed by atoms with Crippen LogP contribution in [0.3, 0.4) is 0 Å². The molecule has 1 rings (SSSR count). The van der Waals surface area contributed by atoms with E-state index in [1.165, 1.54) is 6.92 Å². The van der Waals surface area contributed by atoms with Crippen LogP contribution in [0.5, 0.6) is 0 Å². The molecule has 16 heavy (non-hydrogen) atoms. The molecular weight excluding hydrogens is 204 g/mol. The Morgan fingerprint density at radius 3 is 2.50 bits per heavy atom. The first-order valence-corrected chi connectivity index (χ1v) is 5.13. The zero-order valence-corrected chi connectivity index (χ0v) is 9.47. The number of nitrogens with zero attached hydrogens (tertiary/aromatic N) is 1. The van der Waals surface area contributed by atoms with E-state index in [-0.39, 0.29) is 11.9 Å². The first-order valence-electron chi connectivity index (χ1n) is 5.13. The third-order valence-corrected chi connectivity index (χ3v) is 2.32. The van der Waals surface area contributed by atoms with E-state index in [0.717, 1.165) is 5.56 Å². The van der Waals surface area contributed by atoms with Crippen molar-refractivity contribution in [2.45, 2.75) is 26.3 Å². The summed E-state index contributed by atoms with van der Waals surface area (Å²) < 4.78 is 0. The monoisotopic (exact) mass is 220 g/mol. The standard InChI is InChI=1S/C12H16N2O2/c1-9(14-16)12(13-10(2)15)8-11-6-4-3-5-7-11/h3-7,12,16H,8H2,1-2H3,(H,13,15)/b14-9-/t12-/m1/s1. The molecule has 86 valence electrons. The van der Waals surface area contributed by atoms with E-state index < -0.39 is 0 Å². The summed E-state index contributed by atoms with van der Waals surface area (Å²) in [6, 6.07) is 9.49. The normalized spacial score (nSPS) is 13.2. The zero-order chi connectivity index (χ0) is 12.0. The maximum atomic E-state index is 11.0. The van der Waals surface area contributed by atoms with Crippen molar-refractivity contribution in [2.24, 2.45) is 5.16 Å². The fraction of sp³-hybridized carbons (Fsp3) is 0.333. The number of benzene rings is 1. The lowest BCUT2D eigenvalue weighted by atomic mass is 10.0. The molecule has 0 aromatic heterocycles. The fourth-order valence-electron chi connectivity index (χ4n) is 1.47. The number of carbonyl (C=O) groups excluding carboxylic acids is 1. The molecule has 0 aliphatic carbocycles. The second-order valence-corrected chi connectivity index (χ2v) is 3.68. The van der Waals surface area contributed by atoms with Crippen LogP contribution in [0.15, 0.2) is 35.5 Å². The van der Waals surface area contributed by atoms with Crippen LogP contribution < -0.4 is 5.32 Å². The Kier molecular flexibility index (Phi) is 4.51. The Bertz CT molecular complexity index is 374. The Labute approximate surface area is 95.0 Å². The second kappa shape index (κ2) is 5.90. The highest BCUT2D eigenvalue weighted by Crippen LogP contribution is 2.04. The van der Waals surface area contributed by atoms with E-state index in [2.05, 4.69) is 10.5 Å². The van der Waals surface area contributed by atoms with Crippen LogP contribution in [0.1, 0.15) is 19.4 Å². The van der Waals surface area contributed by atoms with Gasteiger partial charge in [0.1, 0.15) is 0 Å². The van der Waals surface area contributed by atoms with Crippen molar-refractivity contribution in [3.05, 3.63) is 35.9 Å². The summed E-state index contributed by atoms with van der Waals surface area (Å²) in [5, 5.41) is 14.6. The lowest BCUT2D eigenvalue weighted by molar-refractivity contribution is -0.119. The molecule has 1 aromatic rings. The van der Waals surface area contributed by atoms with Gasteiger partial charge in [0.25, 0.3) is 0 Å². The van der Waals surface area contributed by atoms with Gasteiger partial charge in [-0.15, -0.1) is 0 Å². The highest BCUT2D eigenvalue weighted by atomic mass is 16.4. The van der Waals surface area contributed by atoms with Crippen LogP contribution in [-0.2, 0) is 11.2 Å². The van der Waals surface area contributed by atoms with Gasteiger partial charge in [0, 0.05) is 6.92 Å². The van der Waals surface area contributed by atoms with E-state index in [9.17, 15) is 4.79 Å². The van der Waals surface area contributed by atoms with Crippen molar-refractivity contribution in [1.29, 1.82) is 0 Å². The molecule has 0 aliphatic rings. The number of oxime groups is 1. The number of amides is 1. The average molecular weight is 220 g/mol. The van der Waals surface area contributed by atoms with Gasteiger partial charge in [-0.25, -0.2) is 0 Å². The molecule has 0 spiro atoms. The molecule has 0 saturated carbocycles. The highest BCUT2D eigenvalue weighted by Gasteiger charge is 2.14. The van der Waals surface area contributed by atoms with Crippen molar-refractivity contribution in [3.8, 4) is 0 Å². The molecule has 0 aliphatic heterocycles. The average Bonchev–Trinajstić information content (AvgIpc) is 2.28. The lowest BCUT2D eigenvalue weighted by Gasteiger charge is -2.16. The summed E-state index contributed by atoms with van der Waals surface area (Å²) >= 11 is 0. The van der Waals surface area contributed by atoms with Gasteiger partial charge >= 0.3 is 0 Å². The molecular formula is C12H16N2O2. The Balaban J connectivity index is 2.75.